The summed E-state index contributed by atoms with van der Waals surface area (Å²) in [6, 6.07) is 7.80. The average molecular weight is 386 g/mol. The molecule has 0 amide bonds. The average Bonchev–Trinajstić information content (AvgIpc) is 2.76. The second-order valence-electron chi connectivity index (χ2n) is 8.11. The summed E-state index contributed by atoms with van der Waals surface area (Å²) in [6.45, 7) is 5.42. The van der Waals surface area contributed by atoms with Crippen molar-refractivity contribution in [2.24, 2.45) is 11.8 Å². The molecule has 2 bridgehead atoms. The van der Waals surface area contributed by atoms with Crippen LogP contribution in [0.5, 0.6) is 5.75 Å². The van der Waals surface area contributed by atoms with Crippen molar-refractivity contribution in [1.82, 2.24) is 15.2 Å². The molecule has 152 valence electrons. The van der Waals surface area contributed by atoms with Crippen molar-refractivity contribution in [3.05, 3.63) is 36.0 Å². The topological polar surface area (TPSA) is 77.9 Å². The summed E-state index contributed by atoms with van der Waals surface area (Å²) in [6.07, 6.45) is 2.89. The van der Waals surface area contributed by atoms with Gasteiger partial charge in [-0.05, 0) is 61.7 Å². The van der Waals surface area contributed by atoms with E-state index >= 15 is 0 Å². The first kappa shape index (κ1) is 19.6. The minimum atomic E-state index is -0.577. The van der Waals surface area contributed by atoms with E-state index in [1.807, 2.05) is 24.3 Å². The Kier molecular flexibility index (Phi) is 5.83. The molecule has 2 aromatic rings. The number of nitrogens with zero attached hydrogens (tertiary/aromatic N) is 2. The number of pyridine rings is 1. The summed E-state index contributed by atoms with van der Waals surface area (Å²) in [5.74, 6) is 1.51. The molecular formula is C22H31N3O3. The van der Waals surface area contributed by atoms with Crippen LogP contribution in [0.4, 0.5) is 0 Å². The van der Waals surface area contributed by atoms with Crippen molar-refractivity contribution >= 4 is 10.9 Å². The van der Waals surface area contributed by atoms with Gasteiger partial charge in [0.15, 0.2) is 0 Å². The van der Waals surface area contributed by atoms with E-state index in [1.165, 1.54) is 0 Å². The van der Waals surface area contributed by atoms with Crippen LogP contribution in [0.2, 0.25) is 0 Å². The van der Waals surface area contributed by atoms with Gasteiger partial charge in [0, 0.05) is 36.6 Å². The Balaban J connectivity index is 1.55. The zero-order valence-electron chi connectivity index (χ0n) is 16.7. The van der Waals surface area contributed by atoms with Crippen LogP contribution in [0.3, 0.4) is 0 Å². The highest BCUT2D eigenvalue weighted by Gasteiger charge is 2.45. The van der Waals surface area contributed by atoms with E-state index in [-0.39, 0.29) is 18.1 Å². The van der Waals surface area contributed by atoms with Crippen LogP contribution >= 0.6 is 0 Å². The largest absolute Gasteiger partial charge is 0.497 e. The number of ether oxygens (including phenoxy) is 1. The zero-order valence-corrected chi connectivity index (χ0v) is 16.7. The monoisotopic (exact) mass is 385 g/mol. The van der Waals surface area contributed by atoms with E-state index < -0.39 is 6.10 Å². The number of aromatic nitrogens is 1. The highest BCUT2D eigenvalue weighted by Crippen LogP contribution is 2.42. The Morgan fingerprint density at radius 1 is 1.32 bits per heavy atom. The first-order valence-corrected chi connectivity index (χ1v) is 10.4. The van der Waals surface area contributed by atoms with E-state index in [2.05, 4.69) is 22.1 Å². The number of methoxy groups -OCH3 is 1. The predicted molar refractivity (Wildman–Crippen MR) is 109 cm³/mol. The molecule has 28 heavy (non-hydrogen) atoms. The van der Waals surface area contributed by atoms with Crippen LogP contribution in [0.1, 0.15) is 31.4 Å². The van der Waals surface area contributed by atoms with Crippen LogP contribution in [-0.4, -0.2) is 65.5 Å². The smallest absolute Gasteiger partial charge is 0.119 e. The number of rotatable bonds is 7. The Morgan fingerprint density at radius 2 is 2.18 bits per heavy atom. The number of hydrogen-bond donors (Lipinski definition) is 3. The lowest BCUT2D eigenvalue weighted by atomic mass is 9.71. The number of aliphatic hydroxyl groups excluding tert-OH is 2. The third-order valence-electron chi connectivity index (χ3n) is 6.61. The van der Waals surface area contributed by atoms with Gasteiger partial charge in [0.05, 0.1) is 24.8 Å². The number of nitrogens with one attached hydrogen (secondary N) is 1. The number of fused-ring (bicyclic) bond motifs is 4. The molecule has 6 nitrogen and oxygen atoms in total. The van der Waals surface area contributed by atoms with E-state index in [4.69, 9.17) is 4.74 Å². The maximum atomic E-state index is 11.3. The maximum Gasteiger partial charge on any atom is 0.119 e. The lowest BCUT2D eigenvalue weighted by Gasteiger charge is -2.52. The minimum Gasteiger partial charge on any atom is -0.497 e. The van der Waals surface area contributed by atoms with Crippen molar-refractivity contribution in [3.8, 4) is 5.75 Å². The van der Waals surface area contributed by atoms with Crippen molar-refractivity contribution in [2.75, 3.05) is 33.3 Å². The number of piperidine rings is 3. The second kappa shape index (κ2) is 8.33. The minimum absolute atomic E-state index is 0.0816. The zero-order chi connectivity index (χ0) is 19.7. The molecule has 3 unspecified atom stereocenters. The van der Waals surface area contributed by atoms with Gasteiger partial charge in [-0.15, -0.1) is 0 Å². The molecule has 1 aromatic heterocycles. The molecule has 3 aliphatic heterocycles. The third kappa shape index (κ3) is 3.62. The van der Waals surface area contributed by atoms with Crippen LogP contribution < -0.4 is 10.1 Å². The summed E-state index contributed by atoms with van der Waals surface area (Å²) in [7, 11) is 1.65. The Morgan fingerprint density at radius 3 is 2.89 bits per heavy atom. The van der Waals surface area contributed by atoms with Crippen LogP contribution in [-0.2, 0) is 0 Å². The highest BCUT2D eigenvalue weighted by molar-refractivity contribution is 5.83. The molecule has 4 heterocycles. The second-order valence-corrected chi connectivity index (χ2v) is 8.11. The molecule has 1 aromatic carbocycles. The lowest BCUT2D eigenvalue weighted by molar-refractivity contribution is -0.0874. The number of likely N-dealkylation sites (N-methyl/N-ethyl adjacent to an activating group) is 1. The van der Waals surface area contributed by atoms with E-state index in [0.29, 0.717) is 12.5 Å². The molecule has 6 atom stereocenters. The van der Waals surface area contributed by atoms with Gasteiger partial charge in [-0.1, -0.05) is 6.92 Å². The molecule has 6 heteroatoms. The van der Waals surface area contributed by atoms with Crippen LogP contribution in [0.15, 0.2) is 30.5 Å². The van der Waals surface area contributed by atoms with Gasteiger partial charge < -0.3 is 20.3 Å². The summed E-state index contributed by atoms with van der Waals surface area (Å²) in [4.78, 5) is 6.81. The Hall–Kier alpha value is -1.73. The van der Waals surface area contributed by atoms with Gasteiger partial charge in [0.1, 0.15) is 5.75 Å². The molecule has 0 aliphatic carbocycles. The Bertz CT molecular complexity index is 815. The molecular weight excluding hydrogens is 354 g/mol. The fraction of sp³-hybridized carbons (Fsp3) is 0.591. The van der Waals surface area contributed by atoms with Gasteiger partial charge in [-0.25, -0.2) is 0 Å². The van der Waals surface area contributed by atoms with Gasteiger partial charge in [0.2, 0.25) is 0 Å². The summed E-state index contributed by atoms with van der Waals surface area (Å²) in [5.41, 5.74) is 1.78. The number of benzene rings is 1. The first-order valence-electron chi connectivity index (χ1n) is 10.4. The standard InChI is InChI=1S/C22H31N3O3/c1-3-23-12-21(26)18-13-25-9-7-14(18)10-20(25)22(27)16-6-8-24-19-5-4-15(28-2)11-17(16)19/h4-6,8,11,14,18,20-23,26-27H,3,7,9-10,12-13H2,1-2H3/t14-,18?,20-,21?,22+/m0/s1. The molecule has 3 saturated heterocycles. The molecule has 0 radical (unpaired) electrons. The lowest BCUT2D eigenvalue weighted by Crippen LogP contribution is -2.58. The van der Waals surface area contributed by atoms with Crippen LogP contribution in [0.25, 0.3) is 10.9 Å². The summed E-state index contributed by atoms with van der Waals surface area (Å²) in [5, 5.41) is 26.1. The van der Waals surface area contributed by atoms with Gasteiger partial charge in [-0.3, -0.25) is 9.88 Å². The van der Waals surface area contributed by atoms with Crippen molar-refractivity contribution in [2.45, 2.75) is 38.0 Å². The van der Waals surface area contributed by atoms with Crippen LogP contribution in [0, 0.1) is 11.8 Å². The highest BCUT2D eigenvalue weighted by atomic mass is 16.5. The number of hydrogen-bond acceptors (Lipinski definition) is 6. The molecule has 0 spiro atoms. The van der Waals surface area contributed by atoms with E-state index in [9.17, 15) is 10.2 Å². The van der Waals surface area contributed by atoms with E-state index in [1.54, 1.807) is 13.3 Å². The van der Waals surface area contributed by atoms with Crippen molar-refractivity contribution < 1.29 is 14.9 Å². The van der Waals surface area contributed by atoms with Crippen molar-refractivity contribution in [3.63, 3.8) is 0 Å². The molecule has 3 N–H and O–H groups in total. The predicted octanol–water partition coefficient (Wildman–Crippen LogP) is 1.96. The summed E-state index contributed by atoms with van der Waals surface area (Å²) < 4.78 is 5.37. The first-order chi connectivity index (χ1) is 13.6. The number of aliphatic hydroxyl groups is 2. The molecule has 5 rings (SSSR count). The fourth-order valence-corrected chi connectivity index (χ4v) is 5.06. The third-order valence-corrected chi connectivity index (χ3v) is 6.61. The molecule has 0 saturated carbocycles. The van der Waals surface area contributed by atoms with Gasteiger partial charge in [0.25, 0.3) is 0 Å². The quantitative estimate of drug-likeness (QED) is 0.676. The molecule has 3 fully saturated rings. The maximum absolute atomic E-state index is 11.3. The fourth-order valence-electron chi connectivity index (χ4n) is 5.06. The SMILES string of the molecule is CCNCC(O)C1CN2CC[C@H]1C[C@H]2[C@H](O)c1ccnc2ccc(OC)cc12. The normalized spacial score (nSPS) is 29.0. The van der Waals surface area contributed by atoms with Crippen molar-refractivity contribution in [1.29, 1.82) is 0 Å². The van der Waals surface area contributed by atoms with Gasteiger partial charge in [-0.2, -0.15) is 0 Å². The van der Waals surface area contributed by atoms with Gasteiger partial charge >= 0.3 is 0 Å². The summed E-state index contributed by atoms with van der Waals surface area (Å²) >= 11 is 0. The molecule has 3 aliphatic rings. The Labute approximate surface area is 166 Å². The van der Waals surface area contributed by atoms with E-state index in [0.717, 1.165) is 54.7 Å².